The Hall–Kier alpha value is -1.11. The highest BCUT2D eigenvalue weighted by molar-refractivity contribution is 6.30. The van der Waals surface area contributed by atoms with Crippen LogP contribution in [0.15, 0.2) is 18.2 Å². The largest absolute Gasteiger partial charge is 0.305 e. The van der Waals surface area contributed by atoms with E-state index in [4.69, 9.17) is 16.9 Å². The van der Waals surface area contributed by atoms with E-state index in [1.165, 1.54) is 6.07 Å². The van der Waals surface area contributed by atoms with Crippen LogP contribution in [0.25, 0.3) is 0 Å². The zero-order chi connectivity index (χ0) is 13.5. The summed E-state index contributed by atoms with van der Waals surface area (Å²) in [5.74, 6) is -0.309. The smallest absolute Gasteiger partial charge is 0.141 e. The average molecular weight is 269 g/mol. The Morgan fingerprint density at radius 3 is 2.78 bits per heavy atom. The maximum absolute atomic E-state index is 13.0. The molecular formula is C14H18ClFN2. The minimum Gasteiger partial charge on any atom is -0.305 e. The first-order chi connectivity index (χ1) is 8.56. The summed E-state index contributed by atoms with van der Waals surface area (Å²) in [5.41, 5.74) is 1.01. The molecule has 1 rings (SSSR count). The van der Waals surface area contributed by atoms with Gasteiger partial charge in [0.2, 0.25) is 0 Å². The van der Waals surface area contributed by atoms with Gasteiger partial charge in [0.05, 0.1) is 17.0 Å². The van der Waals surface area contributed by atoms with Crippen molar-refractivity contribution in [1.29, 1.82) is 5.26 Å². The standard InChI is InChI=1S/C14H18ClFN2/c1-3-11(9-17)10-18(2)7-6-12-4-5-14(16)13(15)8-12/h4-5,8,11H,3,6-7,10H2,1-2H3. The molecule has 0 aliphatic heterocycles. The Labute approximate surface area is 113 Å². The van der Waals surface area contributed by atoms with Gasteiger partial charge in [-0.05, 0) is 37.6 Å². The van der Waals surface area contributed by atoms with Crippen LogP contribution in [0.2, 0.25) is 5.02 Å². The van der Waals surface area contributed by atoms with E-state index in [9.17, 15) is 4.39 Å². The van der Waals surface area contributed by atoms with Gasteiger partial charge in [0, 0.05) is 13.1 Å². The fraction of sp³-hybridized carbons (Fsp3) is 0.500. The molecule has 0 amide bonds. The van der Waals surface area contributed by atoms with Crippen LogP contribution in [0.5, 0.6) is 0 Å². The number of nitrogens with zero attached hydrogens (tertiary/aromatic N) is 2. The Bertz CT molecular complexity index is 428. The van der Waals surface area contributed by atoms with Crippen LogP contribution in [0.1, 0.15) is 18.9 Å². The van der Waals surface area contributed by atoms with E-state index < -0.39 is 0 Å². The van der Waals surface area contributed by atoms with Gasteiger partial charge < -0.3 is 4.90 Å². The third-order valence-electron chi connectivity index (χ3n) is 2.97. The second kappa shape index (κ2) is 7.35. The molecule has 0 aliphatic rings. The normalized spacial score (nSPS) is 12.4. The lowest BCUT2D eigenvalue weighted by Gasteiger charge is -2.19. The molecule has 1 aromatic rings. The highest BCUT2D eigenvalue weighted by Gasteiger charge is 2.08. The van der Waals surface area contributed by atoms with Crippen LogP contribution in [0, 0.1) is 23.1 Å². The minimum atomic E-state index is -0.385. The topological polar surface area (TPSA) is 27.0 Å². The summed E-state index contributed by atoms with van der Waals surface area (Å²) in [4.78, 5) is 2.12. The molecule has 0 aliphatic carbocycles. The molecule has 1 unspecified atom stereocenters. The summed E-state index contributed by atoms with van der Waals surface area (Å²) in [6.07, 6.45) is 1.67. The maximum Gasteiger partial charge on any atom is 0.141 e. The zero-order valence-corrected chi connectivity index (χ0v) is 11.5. The van der Waals surface area contributed by atoms with E-state index in [0.717, 1.165) is 31.5 Å². The molecule has 4 heteroatoms. The zero-order valence-electron chi connectivity index (χ0n) is 10.8. The van der Waals surface area contributed by atoms with E-state index in [1.807, 2.05) is 14.0 Å². The molecule has 0 heterocycles. The summed E-state index contributed by atoms with van der Waals surface area (Å²) in [6, 6.07) is 7.08. The lowest BCUT2D eigenvalue weighted by Crippen LogP contribution is -2.27. The average Bonchev–Trinajstić information content (AvgIpc) is 2.37. The van der Waals surface area contributed by atoms with Crippen LogP contribution in [-0.2, 0) is 6.42 Å². The Morgan fingerprint density at radius 2 is 2.22 bits per heavy atom. The van der Waals surface area contributed by atoms with Crippen LogP contribution in [0.4, 0.5) is 4.39 Å². The number of hydrogen-bond acceptors (Lipinski definition) is 2. The first-order valence-electron chi connectivity index (χ1n) is 6.09. The van der Waals surface area contributed by atoms with Crippen LogP contribution < -0.4 is 0 Å². The van der Waals surface area contributed by atoms with Crippen LogP contribution in [-0.4, -0.2) is 25.0 Å². The molecular weight excluding hydrogens is 251 g/mol. The molecule has 0 saturated carbocycles. The molecule has 0 aromatic heterocycles. The summed E-state index contributed by atoms with van der Waals surface area (Å²) in [5, 5.41) is 9.06. The van der Waals surface area contributed by atoms with Crippen molar-refractivity contribution in [3.8, 4) is 6.07 Å². The van der Waals surface area contributed by atoms with Gasteiger partial charge in [-0.3, -0.25) is 0 Å². The van der Waals surface area contributed by atoms with Crippen LogP contribution >= 0.6 is 11.6 Å². The van der Waals surface area contributed by atoms with Gasteiger partial charge in [0.1, 0.15) is 5.82 Å². The van der Waals surface area contributed by atoms with Crippen molar-refractivity contribution >= 4 is 11.6 Å². The van der Waals surface area contributed by atoms with Gasteiger partial charge >= 0.3 is 0 Å². The number of rotatable bonds is 6. The van der Waals surface area contributed by atoms with Gasteiger partial charge in [-0.15, -0.1) is 0 Å². The first-order valence-corrected chi connectivity index (χ1v) is 6.46. The molecule has 0 spiro atoms. The maximum atomic E-state index is 13.0. The Balaban J connectivity index is 2.45. The molecule has 98 valence electrons. The van der Waals surface area contributed by atoms with Crippen molar-refractivity contribution in [2.75, 3.05) is 20.1 Å². The van der Waals surface area contributed by atoms with Crippen molar-refractivity contribution < 1.29 is 4.39 Å². The number of nitriles is 1. The summed E-state index contributed by atoms with van der Waals surface area (Å²) < 4.78 is 13.0. The van der Waals surface area contributed by atoms with E-state index in [2.05, 4.69) is 11.0 Å². The van der Waals surface area contributed by atoms with Crippen LogP contribution in [0.3, 0.4) is 0 Å². The summed E-state index contributed by atoms with van der Waals surface area (Å²) >= 11 is 5.73. The third kappa shape index (κ3) is 4.64. The van der Waals surface area contributed by atoms with E-state index in [-0.39, 0.29) is 16.8 Å². The van der Waals surface area contributed by atoms with Crippen molar-refractivity contribution in [3.05, 3.63) is 34.6 Å². The first kappa shape index (κ1) is 14.9. The van der Waals surface area contributed by atoms with Gasteiger partial charge in [-0.25, -0.2) is 4.39 Å². The predicted molar refractivity (Wildman–Crippen MR) is 72.0 cm³/mol. The summed E-state index contributed by atoms with van der Waals surface area (Å²) in [7, 11) is 1.99. The summed E-state index contributed by atoms with van der Waals surface area (Å²) in [6.45, 7) is 3.61. The quantitative estimate of drug-likeness (QED) is 0.790. The Morgan fingerprint density at radius 1 is 1.50 bits per heavy atom. The lowest BCUT2D eigenvalue weighted by atomic mass is 10.1. The number of likely N-dealkylation sites (N-methyl/N-ethyl adjacent to an activating group) is 1. The van der Waals surface area contributed by atoms with Crippen molar-refractivity contribution in [3.63, 3.8) is 0 Å². The highest BCUT2D eigenvalue weighted by Crippen LogP contribution is 2.16. The Kier molecular flexibility index (Phi) is 6.11. The molecule has 0 radical (unpaired) electrons. The van der Waals surface area contributed by atoms with Gasteiger partial charge in [0.25, 0.3) is 0 Å². The fourth-order valence-electron chi connectivity index (χ4n) is 1.74. The molecule has 2 nitrogen and oxygen atoms in total. The number of hydrogen-bond donors (Lipinski definition) is 0. The van der Waals surface area contributed by atoms with E-state index >= 15 is 0 Å². The lowest BCUT2D eigenvalue weighted by molar-refractivity contribution is 0.303. The molecule has 0 fully saturated rings. The third-order valence-corrected chi connectivity index (χ3v) is 3.26. The fourth-order valence-corrected chi connectivity index (χ4v) is 1.95. The van der Waals surface area contributed by atoms with Crippen molar-refractivity contribution in [2.45, 2.75) is 19.8 Å². The SMILES string of the molecule is CCC(C#N)CN(C)CCc1ccc(F)c(Cl)c1. The molecule has 18 heavy (non-hydrogen) atoms. The number of halogens is 2. The number of benzene rings is 1. The highest BCUT2D eigenvalue weighted by atomic mass is 35.5. The monoisotopic (exact) mass is 268 g/mol. The van der Waals surface area contributed by atoms with Crippen molar-refractivity contribution in [2.24, 2.45) is 5.92 Å². The van der Waals surface area contributed by atoms with E-state index in [1.54, 1.807) is 12.1 Å². The van der Waals surface area contributed by atoms with E-state index in [0.29, 0.717) is 0 Å². The molecule has 0 saturated heterocycles. The van der Waals surface area contributed by atoms with Gasteiger partial charge in [0.15, 0.2) is 0 Å². The van der Waals surface area contributed by atoms with Gasteiger partial charge in [-0.1, -0.05) is 24.6 Å². The molecule has 0 bridgehead atoms. The molecule has 0 N–H and O–H groups in total. The second-order valence-electron chi connectivity index (χ2n) is 4.49. The predicted octanol–water partition coefficient (Wildman–Crippen LogP) is 3.50. The van der Waals surface area contributed by atoms with Crippen molar-refractivity contribution in [1.82, 2.24) is 4.90 Å². The minimum absolute atomic E-state index is 0.0757. The molecule has 1 atom stereocenters. The van der Waals surface area contributed by atoms with Gasteiger partial charge in [-0.2, -0.15) is 5.26 Å². The molecule has 1 aromatic carbocycles. The second-order valence-corrected chi connectivity index (χ2v) is 4.90.